The fourth-order valence-electron chi connectivity index (χ4n) is 3.57. The van der Waals surface area contributed by atoms with Crippen LogP contribution in [0.2, 0.25) is 5.02 Å². The number of aromatic nitrogens is 3. The Morgan fingerprint density at radius 2 is 1.97 bits per heavy atom. The van der Waals surface area contributed by atoms with Gasteiger partial charge in [-0.1, -0.05) is 40.7 Å². The summed E-state index contributed by atoms with van der Waals surface area (Å²) in [6.07, 6.45) is 1.52. The van der Waals surface area contributed by atoms with Crippen molar-refractivity contribution < 1.29 is 29.0 Å². The summed E-state index contributed by atoms with van der Waals surface area (Å²) in [4.78, 5) is 30.7. The third-order valence-electron chi connectivity index (χ3n) is 5.54. The number of carboxylic acids is 1. The van der Waals surface area contributed by atoms with Crippen LogP contribution in [0.5, 0.6) is 0 Å². The number of halogens is 2. The molecule has 0 aliphatic carbocycles. The number of aliphatic hydroxyl groups is 1. The first-order chi connectivity index (χ1) is 16.6. The molecule has 1 amide bonds. The smallest absolute Gasteiger partial charge is 0.311 e. The number of carboxylic acid groups (broad SMARTS) is 1. The highest BCUT2D eigenvalue weighted by molar-refractivity contribution is 6.30. The van der Waals surface area contributed by atoms with E-state index in [9.17, 15) is 24.2 Å². The van der Waals surface area contributed by atoms with Crippen LogP contribution in [0.25, 0.3) is 11.1 Å². The second-order valence-corrected chi connectivity index (χ2v) is 8.78. The SMILES string of the molecule is CCOn1cc(C(=O)NC(Cc2ccc(-c3cc(Cl)ccc3F)cc2)CC(C)(CO)C(=O)O)nn1. The zero-order valence-corrected chi connectivity index (χ0v) is 20.0. The molecule has 0 spiro atoms. The molecule has 2 aromatic carbocycles. The number of amides is 1. The summed E-state index contributed by atoms with van der Waals surface area (Å²) < 4.78 is 14.2. The quantitative estimate of drug-likeness (QED) is 0.366. The summed E-state index contributed by atoms with van der Waals surface area (Å²) in [7, 11) is 0. The molecule has 1 heterocycles. The van der Waals surface area contributed by atoms with Gasteiger partial charge in [0.1, 0.15) is 18.6 Å². The number of nitrogens with zero attached hydrogens (tertiary/aromatic N) is 3. The van der Waals surface area contributed by atoms with E-state index in [1.54, 1.807) is 31.2 Å². The molecule has 2 unspecified atom stereocenters. The molecule has 1 aromatic heterocycles. The number of nitrogens with one attached hydrogen (secondary N) is 1. The average Bonchev–Trinajstić information content (AvgIpc) is 3.30. The van der Waals surface area contributed by atoms with Gasteiger partial charge in [0.05, 0.1) is 12.0 Å². The van der Waals surface area contributed by atoms with Crippen molar-refractivity contribution in [3.8, 4) is 11.1 Å². The van der Waals surface area contributed by atoms with Crippen molar-refractivity contribution in [3.63, 3.8) is 0 Å². The summed E-state index contributed by atoms with van der Waals surface area (Å²) in [6, 6.07) is 10.6. The van der Waals surface area contributed by atoms with E-state index < -0.39 is 35.8 Å². The van der Waals surface area contributed by atoms with Gasteiger partial charge in [-0.15, -0.1) is 5.10 Å². The van der Waals surface area contributed by atoms with Crippen LogP contribution in [0.4, 0.5) is 4.39 Å². The highest BCUT2D eigenvalue weighted by Crippen LogP contribution is 2.28. The van der Waals surface area contributed by atoms with Crippen LogP contribution in [0.15, 0.2) is 48.7 Å². The van der Waals surface area contributed by atoms with E-state index in [1.165, 1.54) is 31.3 Å². The topological polar surface area (TPSA) is 127 Å². The van der Waals surface area contributed by atoms with Gasteiger partial charge in [0.2, 0.25) is 0 Å². The van der Waals surface area contributed by atoms with Crippen LogP contribution in [-0.4, -0.2) is 56.5 Å². The molecule has 0 aliphatic rings. The first-order valence-electron chi connectivity index (χ1n) is 10.9. The van der Waals surface area contributed by atoms with Crippen molar-refractivity contribution in [2.24, 2.45) is 5.41 Å². The lowest BCUT2D eigenvalue weighted by Crippen LogP contribution is -2.44. The van der Waals surface area contributed by atoms with Gasteiger partial charge in [0.25, 0.3) is 5.91 Å². The summed E-state index contributed by atoms with van der Waals surface area (Å²) in [5.41, 5.74) is 0.254. The van der Waals surface area contributed by atoms with E-state index in [0.29, 0.717) is 22.8 Å². The maximum atomic E-state index is 14.2. The minimum atomic E-state index is -1.48. The normalized spacial score (nSPS) is 13.6. The zero-order valence-electron chi connectivity index (χ0n) is 19.2. The Kier molecular flexibility index (Phi) is 8.42. The molecule has 9 nitrogen and oxygen atoms in total. The predicted octanol–water partition coefficient (Wildman–Crippen LogP) is 3.00. The van der Waals surface area contributed by atoms with Gasteiger partial charge in [0.15, 0.2) is 5.69 Å². The molecule has 186 valence electrons. The Balaban J connectivity index is 1.82. The number of aliphatic carboxylic acids is 1. The molecule has 11 heteroatoms. The maximum Gasteiger partial charge on any atom is 0.311 e. The molecule has 3 N–H and O–H groups in total. The van der Waals surface area contributed by atoms with Crippen LogP contribution in [0.3, 0.4) is 0 Å². The lowest BCUT2D eigenvalue weighted by Gasteiger charge is -2.28. The van der Waals surface area contributed by atoms with Gasteiger partial charge in [-0.2, -0.15) is 0 Å². The number of benzene rings is 2. The maximum absolute atomic E-state index is 14.2. The standard InChI is InChI=1S/C24H26ClFN4O5/c1-3-35-30-13-21(28-29-30)22(32)27-18(12-24(2,14-31)23(33)34)10-15-4-6-16(7-5-15)19-11-17(25)8-9-20(19)26/h4-9,11,13,18,31H,3,10,12,14H2,1-2H3,(H,27,32)(H,33,34). The van der Waals surface area contributed by atoms with Gasteiger partial charge in [-0.25, -0.2) is 4.39 Å². The Hall–Kier alpha value is -3.50. The van der Waals surface area contributed by atoms with Crippen molar-refractivity contribution in [2.75, 3.05) is 13.2 Å². The molecular weight excluding hydrogens is 479 g/mol. The number of carbonyl (C=O) groups is 2. The Morgan fingerprint density at radius 1 is 1.26 bits per heavy atom. The molecule has 0 radical (unpaired) electrons. The highest BCUT2D eigenvalue weighted by atomic mass is 35.5. The van der Waals surface area contributed by atoms with Crippen LogP contribution in [-0.2, 0) is 11.2 Å². The third-order valence-corrected chi connectivity index (χ3v) is 5.78. The van der Waals surface area contributed by atoms with Crippen LogP contribution < -0.4 is 10.2 Å². The molecule has 0 saturated heterocycles. The Labute approximate surface area is 206 Å². The van der Waals surface area contributed by atoms with Gasteiger partial charge in [-0.3, -0.25) is 9.59 Å². The van der Waals surface area contributed by atoms with Crippen molar-refractivity contribution in [2.45, 2.75) is 32.7 Å². The molecule has 35 heavy (non-hydrogen) atoms. The molecule has 0 saturated carbocycles. The van der Waals surface area contributed by atoms with Crippen LogP contribution >= 0.6 is 11.6 Å². The van der Waals surface area contributed by atoms with Crippen molar-refractivity contribution in [1.82, 2.24) is 20.5 Å². The third kappa shape index (κ3) is 6.55. The van der Waals surface area contributed by atoms with E-state index in [4.69, 9.17) is 16.4 Å². The van der Waals surface area contributed by atoms with Gasteiger partial charge in [-0.05, 0) is 61.2 Å². The number of carbonyl (C=O) groups excluding carboxylic acids is 1. The van der Waals surface area contributed by atoms with E-state index >= 15 is 0 Å². The first-order valence-corrected chi connectivity index (χ1v) is 11.3. The second-order valence-electron chi connectivity index (χ2n) is 8.35. The molecule has 0 aliphatic heterocycles. The summed E-state index contributed by atoms with van der Waals surface area (Å²) in [5.74, 6) is -2.16. The van der Waals surface area contributed by atoms with Crippen LogP contribution in [0, 0.1) is 11.2 Å². The fraction of sp³-hybridized carbons (Fsp3) is 0.333. The monoisotopic (exact) mass is 504 g/mol. The van der Waals surface area contributed by atoms with Crippen LogP contribution in [0.1, 0.15) is 36.3 Å². The zero-order chi connectivity index (χ0) is 25.6. The largest absolute Gasteiger partial charge is 0.481 e. The van der Waals surface area contributed by atoms with Gasteiger partial charge in [0, 0.05) is 16.6 Å². The van der Waals surface area contributed by atoms with E-state index in [2.05, 4.69) is 15.6 Å². The predicted molar refractivity (Wildman–Crippen MR) is 126 cm³/mol. The summed E-state index contributed by atoms with van der Waals surface area (Å²) in [6.45, 7) is 2.88. The highest BCUT2D eigenvalue weighted by Gasteiger charge is 2.36. The first kappa shape index (κ1) is 26.1. The summed E-state index contributed by atoms with van der Waals surface area (Å²) >= 11 is 5.99. The van der Waals surface area contributed by atoms with Crippen molar-refractivity contribution >= 4 is 23.5 Å². The number of rotatable bonds is 11. The lowest BCUT2D eigenvalue weighted by molar-refractivity contribution is -0.151. The van der Waals surface area contributed by atoms with Gasteiger partial charge >= 0.3 is 5.97 Å². The van der Waals surface area contributed by atoms with Gasteiger partial charge < -0.3 is 20.4 Å². The minimum absolute atomic E-state index is 0.00347. The van der Waals surface area contributed by atoms with E-state index in [1.807, 2.05) is 0 Å². The lowest BCUT2D eigenvalue weighted by atomic mass is 9.82. The molecule has 3 aromatic rings. The second kappa shape index (κ2) is 11.3. The fourth-order valence-corrected chi connectivity index (χ4v) is 3.74. The summed E-state index contributed by atoms with van der Waals surface area (Å²) in [5, 5.41) is 30.0. The molecule has 0 fully saturated rings. The molecular formula is C24H26ClFN4O5. The number of aliphatic hydroxyl groups excluding tert-OH is 1. The molecule has 3 rings (SSSR count). The average molecular weight is 505 g/mol. The number of hydrogen-bond acceptors (Lipinski definition) is 6. The molecule has 0 bridgehead atoms. The Morgan fingerprint density at radius 3 is 2.60 bits per heavy atom. The van der Waals surface area contributed by atoms with E-state index in [-0.39, 0.29) is 18.5 Å². The molecule has 2 atom stereocenters. The Bertz CT molecular complexity index is 1190. The van der Waals surface area contributed by atoms with Crippen molar-refractivity contribution in [1.29, 1.82) is 0 Å². The van der Waals surface area contributed by atoms with E-state index in [0.717, 1.165) is 10.4 Å². The minimum Gasteiger partial charge on any atom is -0.481 e. The number of hydrogen-bond donors (Lipinski definition) is 3. The van der Waals surface area contributed by atoms with Crippen molar-refractivity contribution in [3.05, 3.63) is 70.8 Å².